The van der Waals surface area contributed by atoms with Crippen LogP contribution < -0.4 is 0 Å². The van der Waals surface area contributed by atoms with E-state index < -0.39 is 0 Å². The highest BCUT2D eigenvalue weighted by Crippen LogP contribution is 2.36. The summed E-state index contributed by atoms with van der Waals surface area (Å²) in [5, 5.41) is 0. The molecule has 0 amide bonds. The van der Waals surface area contributed by atoms with E-state index in [-0.39, 0.29) is 5.92 Å². The van der Waals surface area contributed by atoms with E-state index in [0.29, 0.717) is 34.9 Å². The number of allylic oxidation sites excluding steroid dienone is 4. The fourth-order valence-corrected chi connectivity index (χ4v) is 7.85. The van der Waals surface area contributed by atoms with Gasteiger partial charge in [-0.15, -0.1) is 0 Å². The standard InChI is InChI=1S/C55H40N6/c1-37-31-32-48(55-60-52(41-23-12-5-13-24-41)59-54(61-55)46-29-15-25-42(34-46)38-17-6-2-7-18-38)36-49(37)45-28-14-26-43(33-45)44-27-16-30-47(35-44)53-57-50(39-19-8-3-9-20-39)56-51(58-53)40-21-10-4-11-22-40/h2-33,35-36,42H,34H2,1H3. The highest BCUT2D eigenvalue weighted by atomic mass is 15.0. The minimum Gasteiger partial charge on any atom is -0.209 e. The zero-order chi connectivity index (χ0) is 41.0. The maximum atomic E-state index is 5.16. The second-order valence-corrected chi connectivity index (χ2v) is 15.2. The average Bonchev–Trinajstić information content (AvgIpc) is 3.35. The lowest BCUT2D eigenvalue weighted by Crippen LogP contribution is -2.07. The van der Waals surface area contributed by atoms with E-state index in [1.165, 1.54) is 5.56 Å². The summed E-state index contributed by atoms with van der Waals surface area (Å²) in [4.78, 5) is 30.1. The molecule has 0 bridgehead atoms. The molecular formula is C55H40N6. The molecule has 61 heavy (non-hydrogen) atoms. The molecule has 1 unspecified atom stereocenters. The van der Waals surface area contributed by atoms with Crippen LogP contribution in [0.15, 0.2) is 206 Å². The molecule has 2 aromatic heterocycles. The summed E-state index contributed by atoms with van der Waals surface area (Å²) in [5.41, 5.74) is 12.6. The molecule has 0 fully saturated rings. The summed E-state index contributed by atoms with van der Waals surface area (Å²) in [6, 6.07) is 64.5. The van der Waals surface area contributed by atoms with Crippen LogP contribution in [-0.2, 0) is 0 Å². The first-order valence-electron chi connectivity index (χ1n) is 20.5. The Kier molecular flexibility index (Phi) is 10.2. The van der Waals surface area contributed by atoms with Crippen molar-refractivity contribution in [1.82, 2.24) is 29.9 Å². The second-order valence-electron chi connectivity index (χ2n) is 15.2. The predicted octanol–water partition coefficient (Wildman–Crippen LogP) is 13.2. The van der Waals surface area contributed by atoms with Crippen molar-refractivity contribution in [2.75, 3.05) is 0 Å². The smallest absolute Gasteiger partial charge is 0.164 e. The third kappa shape index (κ3) is 8.07. The van der Waals surface area contributed by atoms with Crippen molar-refractivity contribution in [3.8, 4) is 79.2 Å². The van der Waals surface area contributed by atoms with Gasteiger partial charge in [-0.3, -0.25) is 0 Å². The van der Waals surface area contributed by atoms with Gasteiger partial charge in [0, 0.05) is 33.7 Å². The highest BCUT2D eigenvalue weighted by Gasteiger charge is 2.20. The molecule has 6 nitrogen and oxygen atoms in total. The molecule has 0 aliphatic heterocycles. The molecule has 0 saturated carbocycles. The molecule has 0 spiro atoms. The lowest BCUT2D eigenvalue weighted by atomic mass is 9.88. The Hall–Kier alpha value is -7.96. The van der Waals surface area contributed by atoms with Gasteiger partial charge in [0.1, 0.15) is 0 Å². The van der Waals surface area contributed by atoms with Crippen LogP contribution in [0, 0.1) is 6.92 Å². The number of nitrogens with zero attached hydrogens (tertiary/aromatic N) is 6. The van der Waals surface area contributed by atoms with Crippen molar-refractivity contribution in [2.45, 2.75) is 19.3 Å². The minimum absolute atomic E-state index is 0.247. The zero-order valence-corrected chi connectivity index (χ0v) is 33.6. The van der Waals surface area contributed by atoms with Gasteiger partial charge in [0.05, 0.1) is 0 Å². The van der Waals surface area contributed by atoms with Gasteiger partial charge in [-0.05, 0) is 70.5 Å². The molecule has 7 aromatic carbocycles. The normalized spacial score (nSPS) is 13.5. The first-order valence-corrected chi connectivity index (χ1v) is 20.5. The zero-order valence-electron chi connectivity index (χ0n) is 33.6. The molecule has 1 aliphatic carbocycles. The van der Waals surface area contributed by atoms with E-state index in [1.54, 1.807) is 0 Å². The summed E-state index contributed by atoms with van der Waals surface area (Å²) in [7, 11) is 0. The summed E-state index contributed by atoms with van der Waals surface area (Å²) >= 11 is 0. The van der Waals surface area contributed by atoms with Crippen LogP contribution >= 0.6 is 0 Å². The molecule has 10 rings (SSSR count). The van der Waals surface area contributed by atoms with Crippen molar-refractivity contribution in [3.63, 3.8) is 0 Å². The third-order valence-corrected chi connectivity index (χ3v) is 11.1. The van der Waals surface area contributed by atoms with Gasteiger partial charge in [0.15, 0.2) is 34.9 Å². The number of rotatable bonds is 9. The van der Waals surface area contributed by atoms with Gasteiger partial charge in [0.2, 0.25) is 0 Å². The summed E-state index contributed by atoms with van der Waals surface area (Å²) in [6.45, 7) is 2.15. The van der Waals surface area contributed by atoms with Crippen LogP contribution in [0.4, 0.5) is 0 Å². The van der Waals surface area contributed by atoms with Crippen molar-refractivity contribution in [2.24, 2.45) is 0 Å². The fourth-order valence-electron chi connectivity index (χ4n) is 7.85. The number of aryl methyl sites for hydroxylation is 1. The Bertz CT molecular complexity index is 3000. The predicted molar refractivity (Wildman–Crippen MR) is 247 cm³/mol. The Labute approximate surface area is 355 Å². The maximum Gasteiger partial charge on any atom is 0.164 e. The van der Waals surface area contributed by atoms with Gasteiger partial charge in [-0.25, -0.2) is 29.9 Å². The van der Waals surface area contributed by atoms with Gasteiger partial charge in [0.25, 0.3) is 0 Å². The molecular weight excluding hydrogens is 745 g/mol. The molecule has 9 aromatic rings. The SMILES string of the molecule is Cc1ccc(-c2nc(C3=CC=CC(c4ccccc4)C3)nc(-c3ccccc3)n2)cc1-c1cccc(-c2cccc(-c3nc(-c4ccccc4)nc(-c4ccccc4)n3)c2)c1. The number of benzene rings is 7. The monoisotopic (exact) mass is 784 g/mol. The average molecular weight is 785 g/mol. The maximum absolute atomic E-state index is 5.16. The Morgan fingerprint density at radius 1 is 0.361 bits per heavy atom. The molecule has 0 saturated heterocycles. The van der Waals surface area contributed by atoms with Crippen molar-refractivity contribution in [3.05, 3.63) is 223 Å². The lowest BCUT2D eigenvalue weighted by molar-refractivity contribution is 0.853. The second kappa shape index (κ2) is 16.7. The number of hydrogen-bond donors (Lipinski definition) is 0. The van der Waals surface area contributed by atoms with E-state index >= 15 is 0 Å². The Balaban J connectivity index is 1.01. The first-order chi connectivity index (χ1) is 30.1. The summed E-state index contributed by atoms with van der Waals surface area (Å²) in [6.07, 6.45) is 7.33. The van der Waals surface area contributed by atoms with Gasteiger partial charge >= 0.3 is 0 Å². The van der Waals surface area contributed by atoms with Gasteiger partial charge < -0.3 is 0 Å². The molecule has 290 valence electrons. The van der Waals surface area contributed by atoms with Crippen LogP contribution in [0.5, 0.6) is 0 Å². The van der Waals surface area contributed by atoms with Crippen LogP contribution in [0.2, 0.25) is 0 Å². The van der Waals surface area contributed by atoms with E-state index in [2.05, 4.69) is 134 Å². The van der Waals surface area contributed by atoms with E-state index in [1.807, 2.05) is 78.9 Å². The minimum atomic E-state index is 0.247. The van der Waals surface area contributed by atoms with Crippen LogP contribution in [0.1, 0.15) is 29.3 Å². The number of aromatic nitrogens is 6. The Morgan fingerprint density at radius 3 is 1.31 bits per heavy atom. The van der Waals surface area contributed by atoms with Gasteiger partial charge in [-0.2, -0.15) is 0 Å². The Morgan fingerprint density at radius 2 is 0.770 bits per heavy atom. The molecule has 1 atom stereocenters. The number of hydrogen-bond acceptors (Lipinski definition) is 6. The van der Waals surface area contributed by atoms with Crippen molar-refractivity contribution < 1.29 is 0 Å². The molecule has 0 radical (unpaired) electrons. The third-order valence-electron chi connectivity index (χ3n) is 11.1. The van der Waals surface area contributed by atoms with Crippen LogP contribution in [0.25, 0.3) is 84.8 Å². The summed E-state index contributed by atoms with van der Waals surface area (Å²) in [5.74, 6) is 4.13. The summed E-state index contributed by atoms with van der Waals surface area (Å²) < 4.78 is 0. The largest absolute Gasteiger partial charge is 0.209 e. The van der Waals surface area contributed by atoms with Crippen molar-refractivity contribution in [1.29, 1.82) is 0 Å². The molecule has 2 heterocycles. The molecule has 6 heteroatoms. The fraction of sp³-hybridized carbons (Fsp3) is 0.0545. The lowest BCUT2D eigenvalue weighted by Gasteiger charge is -2.19. The van der Waals surface area contributed by atoms with E-state index in [4.69, 9.17) is 29.9 Å². The highest BCUT2D eigenvalue weighted by molar-refractivity contribution is 5.80. The van der Waals surface area contributed by atoms with E-state index in [0.717, 1.165) is 67.6 Å². The molecule has 1 aliphatic rings. The quantitative estimate of drug-likeness (QED) is 0.145. The van der Waals surface area contributed by atoms with E-state index in [9.17, 15) is 0 Å². The van der Waals surface area contributed by atoms with Crippen LogP contribution in [-0.4, -0.2) is 29.9 Å². The topological polar surface area (TPSA) is 77.3 Å². The van der Waals surface area contributed by atoms with Crippen LogP contribution in [0.3, 0.4) is 0 Å². The van der Waals surface area contributed by atoms with Crippen molar-refractivity contribution >= 4 is 5.57 Å². The first kappa shape index (κ1) is 37.3. The van der Waals surface area contributed by atoms with Gasteiger partial charge in [-0.1, -0.05) is 188 Å². The molecule has 0 N–H and O–H groups in total.